The molecule has 0 fully saturated rings. The number of thioether (sulfide) groups is 1. The lowest BCUT2D eigenvalue weighted by molar-refractivity contribution is -0.384. The van der Waals surface area contributed by atoms with Gasteiger partial charge in [-0.05, 0) is 24.3 Å². The summed E-state index contributed by atoms with van der Waals surface area (Å²) >= 11 is 13.1. The molecule has 12 heteroatoms. The minimum Gasteiger partial charge on any atom is -0.484 e. The molecule has 0 bridgehead atoms. The Labute approximate surface area is 185 Å². The first-order valence-electron chi connectivity index (χ1n) is 8.46. The van der Waals surface area contributed by atoms with E-state index >= 15 is 0 Å². The molecule has 0 spiro atoms. The molecule has 0 radical (unpaired) electrons. The van der Waals surface area contributed by atoms with Gasteiger partial charge in [-0.25, -0.2) is 0 Å². The van der Waals surface area contributed by atoms with Crippen LogP contribution in [0.25, 0.3) is 0 Å². The minimum absolute atomic E-state index is 0.0541. The minimum atomic E-state index is -0.523. The van der Waals surface area contributed by atoms with Crippen LogP contribution in [-0.4, -0.2) is 31.3 Å². The number of nitrogens with zero attached hydrogens (tertiary/aromatic N) is 4. The highest BCUT2D eigenvalue weighted by atomic mass is 35.5. The topological polar surface area (TPSA) is 112 Å². The van der Waals surface area contributed by atoms with Gasteiger partial charge in [0.1, 0.15) is 12.4 Å². The van der Waals surface area contributed by atoms with Crippen molar-refractivity contribution in [3.05, 3.63) is 68.4 Å². The van der Waals surface area contributed by atoms with Gasteiger partial charge in [-0.2, -0.15) is 0 Å². The third-order valence-corrected chi connectivity index (χ3v) is 5.40. The largest absolute Gasteiger partial charge is 0.484 e. The van der Waals surface area contributed by atoms with Crippen LogP contribution in [0.15, 0.2) is 47.6 Å². The SMILES string of the molecule is Cn1c(COc2ccc(Cl)cc2Cl)nnc1SCC(=O)Nc1cccc([N+](=O)[O-])c1. The van der Waals surface area contributed by atoms with Gasteiger partial charge in [0, 0.05) is 29.9 Å². The summed E-state index contributed by atoms with van der Waals surface area (Å²) in [6.45, 7) is 0.130. The number of hydrogen-bond donors (Lipinski definition) is 1. The Kier molecular flexibility index (Phi) is 7.14. The molecule has 30 heavy (non-hydrogen) atoms. The van der Waals surface area contributed by atoms with Crippen LogP contribution in [0.5, 0.6) is 5.75 Å². The second kappa shape index (κ2) is 9.79. The van der Waals surface area contributed by atoms with Crippen LogP contribution in [0.1, 0.15) is 5.82 Å². The molecule has 9 nitrogen and oxygen atoms in total. The maximum atomic E-state index is 12.2. The first-order valence-corrected chi connectivity index (χ1v) is 10.2. The number of nitro benzene ring substituents is 1. The van der Waals surface area contributed by atoms with E-state index in [0.717, 1.165) is 0 Å². The van der Waals surface area contributed by atoms with E-state index in [9.17, 15) is 14.9 Å². The zero-order valence-electron chi connectivity index (χ0n) is 15.5. The summed E-state index contributed by atoms with van der Waals surface area (Å²) in [6, 6.07) is 10.6. The van der Waals surface area contributed by atoms with Gasteiger partial charge in [0.25, 0.3) is 5.69 Å². The van der Waals surface area contributed by atoms with E-state index in [-0.39, 0.29) is 24.0 Å². The number of nitro groups is 1. The Hall–Kier alpha value is -2.82. The lowest BCUT2D eigenvalue weighted by Gasteiger charge is -2.08. The highest BCUT2D eigenvalue weighted by Crippen LogP contribution is 2.28. The molecule has 0 aliphatic heterocycles. The molecule has 0 unspecified atom stereocenters. The predicted molar refractivity (Wildman–Crippen MR) is 114 cm³/mol. The van der Waals surface area contributed by atoms with E-state index in [1.807, 2.05) is 0 Å². The lowest BCUT2D eigenvalue weighted by Crippen LogP contribution is -2.14. The van der Waals surface area contributed by atoms with Gasteiger partial charge in [-0.1, -0.05) is 41.0 Å². The molecule has 156 valence electrons. The normalized spacial score (nSPS) is 10.6. The van der Waals surface area contributed by atoms with E-state index in [4.69, 9.17) is 27.9 Å². The van der Waals surface area contributed by atoms with Crippen molar-refractivity contribution in [2.24, 2.45) is 7.05 Å². The van der Waals surface area contributed by atoms with Gasteiger partial charge in [-0.15, -0.1) is 10.2 Å². The summed E-state index contributed by atoms with van der Waals surface area (Å²) in [4.78, 5) is 22.4. The van der Waals surface area contributed by atoms with Crippen molar-refractivity contribution in [3.8, 4) is 5.75 Å². The zero-order chi connectivity index (χ0) is 21.7. The second-order valence-electron chi connectivity index (χ2n) is 5.97. The second-order valence-corrected chi connectivity index (χ2v) is 7.75. The molecule has 1 amide bonds. The lowest BCUT2D eigenvalue weighted by atomic mass is 10.3. The van der Waals surface area contributed by atoms with Gasteiger partial charge in [0.15, 0.2) is 11.0 Å². The molecule has 3 aromatic rings. The van der Waals surface area contributed by atoms with Crippen LogP contribution in [0.3, 0.4) is 0 Å². The van der Waals surface area contributed by atoms with Crippen molar-refractivity contribution in [1.82, 2.24) is 14.8 Å². The molecule has 0 atom stereocenters. The molecule has 1 N–H and O–H groups in total. The van der Waals surface area contributed by atoms with Gasteiger partial charge in [0.05, 0.1) is 15.7 Å². The number of aromatic nitrogens is 3. The van der Waals surface area contributed by atoms with Crippen LogP contribution in [0.4, 0.5) is 11.4 Å². The van der Waals surface area contributed by atoms with E-state index in [2.05, 4.69) is 15.5 Å². The third-order valence-electron chi connectivity index (χ3n) is 3.85. The molecule has 0 aliphatic rings. The number of anilines is 1. The number of carbonyl (C=O) groups excluding carboxylic acids is 1. The molecule has 0 aliphatic carbocycles. The smallest absolute Gasteiger partial charge is 0.271 e. The first kappa shape index (κ1) is 21.9. The molecule has 3 rings (SSSR count). The van der Waals surface area contributed by atoms with Crippen LogP contribution < -0.4 is 10.1 Å². The van der Waals surface area contributed by atoms with Crippen molar-refractivity contribution >= 4 is 52.2 Å². The Morgan fingerprint density at radius 1 is 1.27 bits per heavy atom. The molecular weight excluding hydrogens is 453 g/mol. The van der Waals surface area contributed by atoms with Crippen molar-refractivity contribution in [2.45, 2.75) is 11.8 Å². The van der Waals surface area contributed by atoms with Crippen molar-refractivity contribution in [2.75, 3.05) is 11.1 Å². The Morgan fingerprint density at radius 2 is 2.07 bits per heavy atom. The van der Waals surface area contributed by atoms with Gasteiger partial charge in [-0.3, -0.25) is 14.9 Å². The Balaban J connectivity index is 1.55. The number of ether oxygens (including phenoxy) is 1. The van der Waals surface area contributed by atoms with Crippen molar-refractivity contribution in [1.29, 1.82) is 0 Å². The summed E-state index contributed by atoms with van der Waals surface area (Å²) < 4.78 is 7.35. The zero-order valence-corrected chi connectivity index (χ0v) is 17.9. The molecule has 2 aromatic carbocycles. The Bertz CT molecular complexity index is 1090. The number of carbonyl (C=O) groups is 1. The summed E-state index contributed by atoms with van der Waals surface area (Å²) in [5.74, 6) is 0.741. The molecule has 0 saturated carbocycles. The Morgan fingerprint density at radius 3 is 2.80 bits per heavy atom. The number of rotatable bonds is 8. The third kappa shape index (κ3) is 5.62. The number of benzene rings is 2. The van der Waals surface area contributed by atoms with Gasteiger partial charge < -0.3 is 14.6 Å². The highest BCUT2D eigenvalue weighted by molar-refractivity contribution is 7.99. The molecule has 1 aromatic heterocycles. The van der Waals surface area contributed by atoms with Crippen LogP contribution >= 0.6 is 35.0 Å². The molecule has 0 saturated heterocycles. The summed E-state index contributed by atoms with van der Waals surface area (Å²) in [5, 5.41) is 23.0. The quantitative estimate of drug-likeness (QED) is 0.297. The standard InChI is InChI=1S/C18H15Cl2N5O4S/c1-24-16(9-29-15-6-5-11(19)7-14(15)20)22-23-18(24)30-10-17(26)21-12-3-2-4-13(8-12)25(27)28/h2-8H,9-10H2,1H3,(H,21,26). The van der Waals surface area contributed by atoms with Crippen LogP contribution in [0.2, 0.25) is 10.0 Å². The van der Waals surface area contributed by atoms with Crippen LogP contribution in [-0.2, 0) is 18.4 Å². The summed E-state index contributed by atoms with van der Waals surface area (Å²) in [6.07, 6.45) is 0. The number of nitrogens with one attached hydrogen (secondary N) is 1. The number of halogens is 2. The maximum Gasteiger partial charge on any atom is 0.271 e. The van der Waals surface area contributed by atoms with E-state index in [1.165, 1.54) is 30.0 Å². The van der Waals surface area contributed by atoms with Crippen LogP contribution in [0, 0.1) is 10.1 Å². The van der Waals surface area contributed by atoms with Crippen molar-refractivity contribution < 1.29 is 14.5 Å². The first-order chi connectivity index (χ1) is 14.3. The fourth-order valence-electron chi connectivity index (χ4n) is 2.36. The predicted octanol–water partition coefficient (Wildman–Crippen LogP) is 4.34. The number of amides is 1. The van der Waals surface area contributed by atoms with Crippen molar-refractivity contribution in [3.63, 3.8) is 0 Å². The van der Waals surface area contributed by atoms with E-state index in [1.54, 1.807) is 35.9 Å². The maximum absolute atomic E-state index is 12.2. The fourth-order valence-corrected chi connectivity index (χ4v) is 3.55. The van der Waals surface area contributed by atoms with Gasteiger partial charge in [0.2, 0.25) is 5.91 Å². The molecular formula is C18H15Cl2N5O4S. The van der Waals surface area contributed by atoms with Gasteiger partial charge >= 0.3 is 0 Å². The highest BCUT2D eigenvalue weighted by Gasteiger charge is 2.14. The molecule has 1 heterocycles. The van der Waals surface area contributed by atoms with E-state index < -0.39 is 4.92 Å². The fraction of sp³-hybridized carbons (Fsp3) is 0.167. The monoisotopic (exact) mass is 467 g/mol. The summed E-state index contributed by atoms with van der Waals surface area (Å²) in [7, 11) is 1.75. The average Bonchev–Trinajstić information content (AvgIpc) is 3.05. The number of hydrogen-bond acceptors (Lipinski definition) is 7. The average molecular weight is 468 g/mol. The summed E-state index contributed by atoms with van der Waals surface area (Å²) in [5.41, 5.74) is 0.251. The van der Waals surface area contributed by atoms with E-state index in [0.29, 0.717) is 32.5 Å². The number of non-ortho nitro benzene ring substituents is 1.